The summed E-state index contributed by atoms with van der Waals surface area (Å²) in [5.74, 6) is -5.03. The molecule has 0 aromatic heterocycles. The van der Waals surface area contributed by atoms with Gasteiger partial charge in [-0.15, -0.1) is 0 Å². The molecule has 0 saturated carbocycles. The number of nitrogens with zero attached hydrogens (tertiary/aromatic N) is 5. The highest BCUT2D eigenvalue weighted by Crippen LogP contribution is 2.44. The number of carboxylic acid groups (broad SMARTS) is 1. The predicted octanol–water partition coefficient (Wildman–Crippen LogP) is 7.60. The summed E-state index contributed by atoms with van der Waals surface area (Å²) in [4.78, 5) is 89.2. The number of piperidine rings is 1. The molecule has 18 heteroatoms. The van der Waals surface area contributed by atoms with Crippen molar-refractivity contribution in [1.29, 1.82) is 0 Å². The topological polar surface area (TPSA) is 232 Å². The largest absolute Gasteiger partial charge is 0.480 e. The first-order valence-corrected chi connectivity index (χ1v) is 26.5. The molecule has 2 aliphatic rings. The van der Waals surface area contributed by atoms with Crippen LogP contribution in [-0.2, 0) is 33.1 Å². The van der Waals surface area contributed by atoms with Crippen molar-refractivity contribution in [2.45, 2.75) is 155 Å². The van der Waals surface area contributed by atoms with Crippen LogP contribution in [0.25, 0.3) is 21.6 Å². The van der Waals surface area contributed by atoms with Crippen molar-refractivity contribution in [3.05, 3.63) is 70.1 Å². The first-order chi connectivity index (χ1) is 31.4. The molecule has 4 rings (SSSR count). The number of azide groups is 1. The number of likely N-dealkylation sites (tertiary alicyclic amines) is 1. The van der Waals surface area contributed by atoms with Crippen molar-refractivity contribution in [2.75, 3.05) is 26.7 Å². The van der Waals surface area contributed by atoms with Crippen molar-refractivity contribution in [3.8, 4) is 11.1 Å². The molecule has 6 atom stereocenters. The maximum Gasteiger partial charge on any atom is 0.407 e. The second-order valence-electron chi connectivity index (χ2n) is 20.5. The summed E-state index contributed by atoms with van der Waals surface area (Å²) in [6.07, 6.45) is 0.237. The van der Waals surface area contributed by atoms with E-state index in [4.69, 9.17) is 14.7 Å². The number of likely N-dealkylation sites (N-methyl/N-ethyl adjacent to an activating group) is 1. The molecule has 67 heavy (non-hydrogen) atoms. The zero-order valence-electron chi connectivity index (χ0n) is 41.5. The fourth-order valence-corrected chi connectivity index (χ4v) is 10.1. The normalized spacial score (nSPS) is 17.9. The van der Waals surface area contributed by atoms with Gasteiger partial charge < -0.3 is 40.0 Å². The minimum Gasteiger partial charge on any atom is -0.480 e. The minimum absolute atomic E-state index is 0.0521. The van der Waals surface area contributed by atoms with Gasteiger partial charge in [0.15, 0.2) is 8.32 Å². The predicted molar refractivity (Wildman–Crippen MR) is 259 cm³/mol. The Morgan fingerprint density at radius 2 is 1.46 bits per heavy atom. The van der Waals surface area contributed by atoms with Gasteiger partial charge in [0.05, 0.1) is 0 Å². The third-order valence-corrected chi connectivity index (χ3v) is 18.1. The second kappa shape index (κ2) is 23.5. The zero-order valence-corrected chi connectivity index (χ0v) is 42.5. The van der Waals surface area contributed by atoms with E-state index in [0.29, 0.717) is 19.3 Å². The van der Waals surface area contributed by atoms with Gasteiger partial charge in [0, 0.05) is 43.5 Å². The zero-order chi connectivity index (χ0) is 50.0. The monoisotopic (exact) mass is 947 g/mol. The molecule has 1 aliphatic heterocycles. The van der Waals surface area contributed by atoms with Gasteiger partial charge in [0.2, 0.25) is 23.6 Å². The Hall–Kier alpha value is -5.45. The summed E-state index contributed by atoms with van der Waals surface area (Å²) in [6.45, 7) is 21.4. The molecule has 4 N–H and O–H groups in total. The Kier molecular flexibility index (Phi) is 19.0. The average Bonchev–Trinajstić information content (AvgIpc) is 3.58. The first-order valence-electron chi connectivity index (χ1n) is 23.6. The average molecular weight is 947 g/mol. The number of carboxylic acids is 1. The number of amides is 5. The number of alkyl carbamates (subject to hydrolysis) is 1. The molecule has 2 aromatic carbocycles. The molecule has 1 aliphatic carbocycles. The van der Waals surface area contributed by atoms with Crippen molar-refractivity contribution in [2.24, 2.45) is 22.9 Å². The Balaban J connectivity index is 1.59. The first kappa shape index (κ1) is 54.2. The highest BCUT2D eigenvalue weighted by Gasteiger charge is 2.46. The molecule has 2 aromatic rings. The molecule has 368 valence electrons. The van der Waals surface area contributed by atoms with Crippen LogP contribution < -0.4 is 16.0 Å². The van der Waals surface area contributed by atoms with E-state index >= 15 is 4.79 Å². The van der Waals surface area contributed by atoms with Crippen LogP contribution >= 0.6 is 0 Å². The van der Waals surface area contributed by atoms with Gasteiger partial charge in [-0.25, -0.2) is 9.59 Å². The van der Waals surface area contributed by atoms with Gasteiger partial charge in [-0.3, -0.25) is 19.2 Å². The lowest BCUT2D eigenvalue weighted by Gasteiger charge is -2.46. The van der Waals surface area contributed by atoms with E-state index in [1.807, 2.05) is 62.4 Å². The van der Waals surface area contributed by atoms with Crippen LogP contribution in [0.4, 0.5) is 4.79 Å². The van der Waals surface area contributed by atoms with Gasteiger partial charge in [-0.2, -0.15) is 0 Å². The third-order valence-electron chi connectivity index (χ3n) is 13.5. The van der Waals surface area contributed by atoms with Crippen LogP contribution in [0.5, 0.6) is 0 Å². The van der Waals surface area contributed by atoms with E-state index in [2.05, 4.69) is 59.8 Å². The standard InChI is InChI=1S/C49H74N8O9Si/c1-29(2)40(54-48(64)65-28-37-35-21-15-13-19-33(35)34-20-14-16-22-36(34)37)45(60)56(10)42(31(5)6)46(61)57-26-24-32(66-67(11,12)49(7,8)9)27-39(57)44(59)52-38(23-17-18-25-51-55-50)43(58)53-41(30(3)4)47(62)63/h13-16,19-22,29-32,37-42H,17-18,23-28H2,1-12H3,(H,52,59)(H,53,58)(H,54,64)(H,62,63)/t32-,38-,39+,40+,41+,42-/m0/s1. The maximum absolute atomic E-state index is 15.0. The lowest BCUT2D eigenvalue weighted by atomic mass is 9.93. The number of nitrogens with one attached hydrogen (secondary N) is 3. The molecular weight excluding hydrogens is 873 g/mol. The van der Waals surface area contributed by atoms with Gasteiger partial charge in [-0.1, -0.05) is 122 Å². The number of unbranched alkanes of at least 4 members (excludes halogenated alkanes) is 1. The number of ether oxygens (including phenoxy) is 1. The summed E-state index contributed by atoms with van der Waals surface area (Å²) >= 11 is 0. The smallest absolute Gasteiger partial charge is 0.407 e. The van der Waals surface area contributed by atoms with Crippen LogP contribution in [0.1, 0.15) is 111 Å². The Morgan fingerprint density at radius 1 is 0.881 bits per heavy atom. The number of aliphatic carboxylic acids is 1. The molecule has 1 fully saturated rings. The number of carbonyl (C=O) groups is 6. The Bertz CT molecular complexity index is 2090. The lowest BCUT2D eigenvalue weighted by Crippen LogP contribution is -2.64. The third kappa shape index (κ3) is 13.6. The van der Waals surface area contributed by atoms with E-state index < -0.39 is 98.1 Å². The summed E-state index contributed by atoms with van der Waals surface area (Å²) in [5, 5.41) is 21.5. The second-order valence-corrected chi connectivity index (χ2v) is 25.2. The Labute approximate surface area is 397 Å². The molecule has 1 heterocycles. The molecule has 1 saturated heterocycles. The quantitative estimate of drug-likeness (QED) is 0.0317. The number of carbonyl (C=O) groups excluding carboxylic acids is 5. The number of benzene rings is 2. The highest BCUT2D eigenvalue weighted by atomic mass is 28.4. The number of rotatable bonds is 21. The van der Waals surface area contributed by atoms with Crippen LogP contribution in [0, 0.1) is 17.8 Å². The number of fused-ring (bicyclic) bond motifs is 3. The van der Waals surface area contributed by atoms with Gasteiger partial charge in [0.1, 0.15) is 36.8 Å². The summed E-state index contributed by atoms with van der Waals surface area (Å²) in [6, 6.07) is 10.3. The lowest BCUT2D eigenvalue weighted by molar-refractivity contribution is -0.154. The van der Waals surface area contributed by atoms with Crippen molar-refractivity contribution < 1.29 is 43.0 Å². The molecule has 0 radical (unpaired) electrons. The molecule has 0 spiro atoms. The van der Waals surface area contributed by atoms with Crippen molar-refractivity contribution in [3.63, 3.8) is 0 Å². The van der Waals surface area contributed by atoms with E-state index in [1.165, 1.54) is 16.8 Å². The molecule has 0 unspecified atom stereocenters. The van der Waals surface area contributed by atoms with E-state index in [9.17, 15) is 29.1 Å². The van der Waals surface area contributed by atoms with Gasteiger partial charge >= 0.3 is 12.1 Å². The SMILES string of the molecule is CC(C)[C@@H](C(=O)N1CC[C@H](O[Si](C)(C)C(C)(C)C)C[C@@H]1C(=O)N[C@@H](CCCCN=[N+]=[N-])C(=O)N[C@@H](C(=O)O)C(C)C)N(C)C(=O)[C@H](NC(=O)OCC1c2ccccc2-c2ccccc21)C(C)C. The van der Waals surface area contributed by atoms with E-state index in [0.717, 1.165) is 22.3 Å². The number of hydrogen-bond acceptors (Lipinski definition) is 9. The van der Waals surface area contributed by atoms with Gasteiger partial charge in [0.25, 0.3) is 0 Å². The van der Waals surface area contributed by atoms with Crippen molar-refractivity contribution >= 4 is 44.0 Å². The van der Waals surface area contributed by atoms with E-state index in [1.54, 1.807) is 27.7 Å². The van der Waals surface area contributed by atoms with Crippen LogP contribution in [0.2, 0.25) is 18.1 Å². The Morgan fingerprint density at radius 3 is 1.99 bits per heavy atom. The summed E-state index contributed by atoms with van der Waals surface area (Å²) in [7, 11) is -0.846. The summed E-state index contributed by atoms with van der Waals surface area (Å²) < 4.78 is 12.6. The molecule has 0 bridgehead atoms. The fourth-order valence-electron chi connectivity index (χ4n) is 8.73. The van der Waals surface area contributed by atoms with Crippen LogP contribution in [0.3, 0.4) is 0 Å². The summed E-state index contributed by atoms with van der Waals surface area (Å²) in [5.41, 5.74) is 13.0. The fraction of sp³-hybridized carbons (Fsp3) is 0.633. The minimum atomic E-state index is -2.37. The molecular formula is C49H74N8O9Si. The van der Waals surface area contributed by atoms with Crippen molar-refractivity contribution in [1.82, 2.24) is 25.8 Å². The van der Waals surface area contributed by atoms with E-state index in [-0.39, 0.29) is 43.5 Å². The highest BCUT2D eigenvalue weighted by molar-refractivity contribution is 6.74. The maximum atomic E-state index is 15.0. The van der Waals surface area contributed by atoms with Crippen LogP contribution in [-0.4, -0.2) is 122 Å². The molecule has 5 amide bonds. The molecule has 17 nitrogen and oxygen atoms in total. The number of hydrogen-bond donors (Lipinski definition) is 4. The van der Waals surface area contributed by atoms with Crippen LogP contribution in [0.15, 0.2) is 53.6 Å². The van der Waals surface area contributed by atoms with Gasteiger partial charge in [-0.05, 0) is 82.9 Å².